The molecular formula is C7H12N4O3. The molecule has 1 rings (SSSR count). The maximum Gasteiger partial charge on any atom is 0.225 e. The lowest BCUT2D eigenvalue weighted by molar-refractivity contribution is 0.0521. The summed E-state index contributed by atoms with van der Waals surface area (Å²) in [6, 6.07) is 1.38. The third-order valence-electron chi connectivity index (χ3n) is 1.37. The molecule has 1 aromatic heterocycles. The summed E-state index contributed by atoms with van der Waals surface area (Å²) in [5, 5.41) is 17.5. The van der Waals surface area contributed by atoms with Crippen molar-refractivity contribution < 1.29 is 14.9 Å². The average Bonchev–Trinajstić information content (AvgIpc) is 2.12. The Bertz CT molecular complexity index is 287. The number of aliphatic hydroxyl groups excluding tert-OH is 2. The summed E-state index contributed by atoms with van der Waals surface area (Å²) in [7, 11) is 0. The van der Waals surface area contributed by atoms with Crippen molar-refractivity contribution >= 4 is 11.8 Å². The molecule has 6 N–H and O–H groups in total. The minimum absolute atomic E-state index is 0.00140. The van der Waals surface area contributed by atoms with Crippen LogP contribution in [0, 0.1) is 0 Å². The highest BCUT2D eigenvalue weighted by Gasteiger charge is 2.05. The van der Waals surface area contributed by atoms with Crippen molar-refractivity contribution in [3.63, 3.8) is 0 Å². The van der Waals surface area contributed by atoms with Crippen molar-refractivity contribution in [2.75, 3.05) is 24.7 Å². The van der Waals surface area contributed by atoms with Crippen LogP contribution in [0.1, 0.15) is 0 Å². The first-order chi connectivity index (χ1) is 6.61. The second kappa shape index (κ2) is 4.58. The van der Waals surface area contributed by atoms with Gasteiger partial charge in [-0.05, 0) is 0 Å². The predicted molar refractivity (Wildman–Crippen MR) is 49.4 cm³/mol. The highest BCUT2D eigenvalue weighted by Crippen LogP contribution is 2.11. The van der Waals surface area contributed by atoms with Crippen molar-refractivity contribution in [2.45, 2.75) is 6.10 Å². The van der Waals surface area contributed by atoms with Crippen LogP contribution in [-0.4, -0.2) is 39.5 Å². The molecule has 0 aromatic carbocycles. The van der Waals surface area contributed by atoms with Gasteiger partial charge in [0.05, 0.1) is 6.61 Å². The fourth-order valence-corrected chi connectivity index (χ4v) is 0.769. The lowest BCUT2D eigenvalue weighted by atomic mass is 10.4. The van der Waals surface area contributed by atoms with Gasteiger partial charge in [0.25, 0.3) is 0 Å². The zero-order chi connectivity index (χ0) is 10.6. The third-order valence-corrected chi connectivity index (χ3v) is 1.37. The van der Waals surface area contributed by atoms with Gasteiger partial charge in [0.1, 0.15) is 18.5 Å². The molecule has 1 heterocycles. The van der Waals surface area contributed by atoms with E-state index in [1.54, 1.807) is 0 Å². The Balaban J connectivity index is 2.58. The second-order valence-corrected chi connectivity index (χ2v) is 2.64. The number of rotatable bonds is 4. The molecule has 0 aliphatic carbocycles. The highest BCUT2D eigenvalue weighted by molar-refractivity contribution is 5.38. The molecule has 0 radical (unpaired) electrons. The molecule has 0 fully saturated rings. The molecule has 0 amide bonds. The Labute approximate surface area is 80.3 Å². The van der Waals surface area contributed by atoms with E-state index >= 15 is 0 Å². The number of nitrogens with two attached hydrogens (primary N) is 2. The van der Waals surface area contributed by atoms with Crippen LogP contribution in [0.15, 0.2) is 6.07 Å². The molecule has 0 unspecified atom stereocenters. The molecule has 0 aliphatic heterocycles. The number of hydrogen-bond acceptors (Lipinski definition) is 7. The lowest BCUT2D eigenvalue weighted by Gasteiger charge is -2.09. The first-order valence-corrected chi connectivity index (χ1v) is 3.93. The molecule has 78 valence electrons. The van der Waals surface area contributed by atoms with Crippen LogP contribution >= 0.6 is 0 Å². The van der Waals surface area contributed by atoms with E-state index in [1.807, 2.05) is 0 Å². The molecule has 0 saturated heterocycles. The summed E-state index contributed by atoms with van der Waals surface area (Å²) in [5.74, 6) is 0.354. The van der Waals surface area contributed by atoms with Crippen LogP contribution in [0.25, 0.3) is 0 Å². The van der Waals surface area contributed by atoms with Gasteiger partial charge >= 0.3 is 0 Å². The largest absolute Gasteiger partial charge is 0.475 e. The van der Waals surface area contributed by atoms with Crippen molar-refractivity contribution in [1.29, 1.82) is 0 Å². The van der Waals surface area contributed by atoms with Crippen LogP contribution < -0.4 is 16.2 Å². The topological polar surface area (TPSA) is 128 Å². The Morgan fingerprint density at radius 1 is 1.43 bits per heavy atom. The minimum atomic E-state index is -0.951. The molecule has 0 spiro atoms. The fourth-order valence-electron chi connectivity index (χ4n) is 0.769. The van der Waals surface area contributed by atoms with Gasteiger partial charge in [0.2, 0.25) is 11.8 Å². The van der Waals surface area contributed by atoms with Gasteiger partial charge < -0.3 is 26.4 Å². The first-order valence-electron chi connectivity index (χ1n) is 3.93. The van der Waals surface area contributed by atoms with E-state index in [1.165, 1.54) is 6.07 Å². The van der Waals surface area contributed by atoms with E-state index in [0.29, 0.717) is 0 Å². The van der Waals surface area contributed by atoms with Gasteiger partial charge in [0.15, 0.2) is 0 Å². The second-order valence-electron chi connectivity index (χ2n) is 2.64. The number of hydrogen-bond donors (Lipinski definition) is 4. The minimum Gasteiger partial charge on any atom is -0.475 e. The SMILES string of the molecule is Nc1cc(OC[C@@H](O)CO)nc(N)n1. The molecule has 14 heavy (non-hydrogen) atoms. The molecule has 1 atom stereocenters. The Morgan fingerprint density at radius 3 is 2.71 bits per heavy atom. The Hall–Kier alpha value is -1.60. The Kier molecular flexibility index (Phi) is 3.43. The van der Waals surface area contributed by atoms with Crippen LogP contribution in [0.4, 0.5) is 11.8 Å². The maximum atomic E-state index is 8.98. The van der Waals surface area contributed by atoms with E-state index in [2.05, 4.69) is 9.97 Å². The smallest absolute Gasteiger partial charge is 0.225 e. The van der Waals surface area contributed by atoms with Crippen LogP contribution in [0.3, 0.4) is 0 Å². The molecule has 0 bridgehead atoms. The quantitative estimate of drug-likeness (QED) is 0.459. The van der Waals surface area contributed by atoms with Gasteiger partial charge in [-0.25, -0.2) is 0 Å². The normalized spacial score (nSPS) is 12.4. The number of nitrogens with zero attached hydrogens (tertiary/aromatic N) is 2. The summed E-state index contributed by atoms with van der Waals surface area (Å²) in [4.78, 5) is 7.35. The zero-order valence-electron chi connectivity index (χ0n) is 7.42. The third kappa shape index (κ3) is 3.04. The number of aromatic nitrogens is 2. The van der Waals surface area contributed by atoms with Crippen molar-refractivity contribution in [3.8, 4) is 5.88 Å². The number of nitrogen functional groups attached to an aromatic ring is 2. The number of ether oxygens (including phenoxy) is 1. The number of aliphatic hydroxyl groups is 2. The van der Waals surface area contributed by atoms with Crippen molar-refractivity contribution in [3.05, 3.63) is 6.07 Å². The average molecular weight is 200 g/mol. The van der Waals surface area contributed by atoms with Crippen LogP contribution in [0.2, 0.25) is 0 Å². The van der Waals surface area contributed by atoms with E-state index in [-0.39, 0.29) is 30.9 Å². The first kappa shape index (κ1) is 10.5. The molecular weight excluding hydrogens is 188 g/mol. The monoisotopic (exact) mass is 200 g/mol. The summed E-state index contributed by atoms with van der Waals surface area (Å²) in [5.41, 5.74) is 10.7. The van der Waals surface area contributed by atoms with Gasteiger partial charge in [-0.3, -0.25) is 0 Å². The summed E-state index contributed by atoms with van der Waals surface area (Å²) < 4.78 is 5.00. The lowest BCUT2D eigenvalue weighted by Crippen LogP contribution is -2.21. The van der Waals surface area contributed by atoms with Crippen LogP contribution in [-0.2, 0) is 0 Å². The van der Waals surface area contributed by atoms with Crippen molar-refractivity contribution in [2.24, 2.45) is 0 Å². The zero-order valence-corrected chi connectivity index (χ0v) is 7.42. The van der Waals surface area contributed by atoms with E-state index in [4.69, 9.17) is 26.4 Å². The number of anilines is 2. The van der Waals surface area contributed by atoms with Gasteiger partial charge in [-0.2, -0.15) is 9.97 Å². The predicted octanol–water partition coefficient (Wildman–Crippen LogP) is -1.63. The van der Waals surface area contributed by atoms with E-state index in [0.717, 1.165) is 0 Å². The van der Waals surface area contributed by atoms with Crippen molar-refractivity contribution in [1.82, 2.24) is 9.97 Å². The van der Waals surface area contributed by atoms with Gasteiger partial charge in [0, 0.05) is 6.07 Å². The molecule has 0 aliphatic rings. The van der Waals surface area contributed by atoms with E-state index in [9.17, 15) is 0 Å². The summed E-state index contributed by atoms with van der Waals surface area (Å²) in [6.07, 6.45) is -0.951. The highest BCUT2D eigenvalue weighted by atomic mass is 16.5. The van der Waals surface area contributed by atoms with Crippen LogP contribution in [0.5, 0.6) is 5.88 Å². The fraction of sp³-hybridized carbons (Fsp3) is 0.429. The molecule has 0 saturated carbocycles. The van der Waals surface area contributed by atoms with E-state index < -0.39 is 6.10 Å². The molecule has 1 aromatic rings. The maximum absolute atomic E-state index is 8.98. The summed E-state index contributed by atoms with van der Waals surface area (Å²) in [6.45, 7) is -0.456. The summed E-state index contributed by atoms with van der Waals surface area (Å²) >= 11 is 0. The molecule has 7 nitrogen and oxygen atoms in total. The molecule has 7 heteroatoms. The van der Waals surface area contributed by atoms with Gasteiger partial charge in [-0.1, -0.05) is 0 Å². The Morgan fingerprint density at radius 2 is 2.14 bits per heavy atom. The standard InChI is InChI=1S/C7H12N4O3/c8-5-1-6(11-7(9)10-5)14-3-4(13)2-12/h1,4,12-13H,2-3H2,(H4,8,9,10,11)/t4-/m0/s1. The van der Waals surface area contributed by atoms with Gasteiger partial charge in [-0.15, -0.1) is 0 Å².